The number of hydrogen-bond acceptors (Lipinski definition) is 0. The summed E-state index contributed by atoms with van der Waals surface area (Å²) in [5.74, 6) is 0. The summed E-state index contributed by atoms with van der Waals surface area (Å²) in [7, 11) is 0. The van der Waals surface area contributed by atoms with Gasteiger partial charge in [-0.2, -0.15) is 0 Å². The first-order valence-electron chi connectivity index (χ1n) is 23.2. The molecule has 13 aromatic rings. The molecule has 66 heavy (non-hydrogen) atoms. The van der Waals surface area contributed by atoms with Gasteiger partial charge in [0.05, 0.1) is 0 Å². The molecular weight excluding hydrogens is 793 g/mol. The maximum Gasteiger partial charge on any atom is -0.000763 e. The highest BCUT2D eigenvalue weighted by atomic mass is 14.3. The second-order valence-corrected chi connectivity index (χ2v) is 18.6. The van der Waals surface area contributed by atoms with E-state index in [1.54, 1.807) is 0 Å². The van der Waals surface area contributed by atoms with Crippen molar-refractivity contribution < 1.29 is 0 Å². The highest BCUT2D eigenvalue weighted by Crippen LogP contribution is 2.54. The third kappa shape index (κ3) is 5.71. The first kappa shape index (κ1) is 38.4. The molecule has 13 rings (SSSR count). The Morgan fingerprint density at radius 1 is 0.182 bits per heavy atom. The number of benzene rings is 13. The van der Waals surface area contributed by atoms with E-state index in [1.807, 2.05) is 0 Å². The number of rotatable bonds is 4. The van der Waals surface area contributed by atoms with Crippen LogP contribution in [0.25, 0.3) is 131 Å². The monoisotopic (exact) mass is 838 g/mol. The van der Waals surface area contributed by atoms with Gasteiger partial charge in [-0.25, -0.2) is 0 Å². The van der Waals surface area contributed by atoms with Crippen LogP contribution in [0.3, 0.4) is 0 Å². The van der Waals surface area contributed by atoms with Crippen LogP contribution < -0.4 is 0 Å². The van der Waals surface area contributed by atoms with Crippen molar-refractivity contribution in [3.05, 3.63) is 229 Å². The van der Waals surface area contributed by atoms with E-state index < -0.39 is 0 Å². The molecule has 0 saturated carbocycles. The van der Waals surface area contributed by atoms with Gasteiger partial charge < -0.3 is 0 Å². The zero-order valence-corrected chi connectivity index (χ0v) is 37.6. The van der Waals surface area contributed by atoms with Crippen molar-refractivity contribution in [1.29, 1.82) is 0 Å². The molecule has 0 N–H and O–H groups in total. The van der Waals surface area contributed by atoms with Gasteiger partial charge in [-0.05, 0) is 171 Å². The van der Waals surface area contributed by atoms with E-state index in [9.17, 15) is 0 Å². The molecular formula is C66H46. The standard InChI is InChI=1S/C66H46/c1-39-21-29-43(30-22-39)59-55-37-57-58(38-56(55)60(44-31-23-40(2)24-32-44)64-52-18-10-6-14-48(52)47-13-5-9-17-51(47)63(59)64)62(46-35-27-42(4)28-36-46)66-54-20-12-8-16-50(54)49-15-7-11-19-53(49)65(66)61(57)45-33-25-41(3)26-34-45/h5-38H,1-4H3. The van der Waals surface area contributed by atoms with Crippen molar-refractivity contribution in [2.75, 3.05) is 0 Å². The second kappa shape index (κ2) is 14.7. The van der Waals surface area contributed by atoms with Crippen molar-refractivity contribution in [3.8, 4) is 44.5 Å². The van der Waals surface area contributed by atoms with Crippen molar-refractivity contribution in [2.45, 2.75) is 27.7 Å². The second-order valence-electron chi connectivity index (χ2n) is 18.6. The molecule has 0 radical (unpaired) electrons. The van der Waals surface area contributed by atoms with Crippen molar-refractivity contribution in [3.63, 3.8) is 0 Å². The minimum atomic E-state index is 1.22. The topological polar surface area (TPSA) is 0 Å². The van der Waals surface area contributed by atoms with E-state index in [1.165, 1.54) is 153 Å². The summed E-state index contributed by atoms with van der Waals surface area (Å²) >= 11 is 0. The Hall–Kier alpha value is -8.06. The fourth-order valence-electron chi connectivity index (χ4n) is 11.4. The predicted octanol–water partition coefficient (Wildman–Crippen LogP) is 18.8. The van der Waals surface area contributed by atoms with Gasteiger partial charge in [0, 0.05) is 0 Å². The summed E-state index contributed by atoms with van der Waals surface area (Å²) in [6, 6.07) is 78.6. The van der Waals surface area contributed by atoms with Crippen LogP contribution in [0.1, 0.15) is 22.3 Å². The van der Waals surface area contributed by atoms with Crippen molar-refractivity contribution >= 4 is 86.2 Å². The number of aryl methyl sites for hydroxylation is 4. The lowest BCUT2D eigenvalue weighted by atomic mass is 9.77. The molecule has 0 saturated heterocycles. The lowest BCUT2D eigenvalue weighted by molar-refractivity contribution is 1.47. The van der Waals surface area contributed by atoms with E-state index in [0.29, 0.717) is 0 Å². The van der Waals surface area contributed by atoms with Crippen molar-refractivity contribution in [1.82, 2.24) is 0 Å². The number of hydrogen-bond donors (Lipinski definition) is 0. The SMILES string of the molecule is Cc1ccc(-c2c3cc4c(-c5ccc(C)cc5)c5c6ccccc6c6ccccc6c5c(-c5ccc(C)cc5)c4cc3c(-c3ccc(C)cc3)c3c4ccccc4c4ccccc4c23)cc1. The fourth-order valence-corrected chi connectivity index (χ4v) is 11.4. The molecule has 0 fully saturated rings. The normalized spacial score (nSPS) is 11.9. The van der Waals surface area contributed by atoms with E-state index in [2.05, 4.69) is 234 Å². The van der Waals surface area contributed by atoms with Gasteiger partial charge >= 0.3 is 0 Å². The molecule has 0 heterocycles. The highest BCUT2D eigenvalue weighted by Gasteiger charge is 2.26. The molecule has 0 unspecified atom stereocenters. The zero-order valence-electron chi connectivity index (χ0n) is 37.6. The van der Waals surface area contributed by atoms with Crippen LogP contribution in [0.4, 0.5) is 0 Å². The maximum absolute atomic E-state index is 2.59. The molecule has 0 amide bonds. The minimum absolute atomic E-state index is 1.22. The third-order valence-corrected chi connectivity index (χ3v) is 14.5. The van der Waals surface area contributed by atoms with Gasteiger partial charge in [0.2, 0.25) is 0 Å². The zero-order chi connectivity index (χ0) is 44.2. The molecule has 0 aliphatic heterocycles. The summed E-state index contributed by atoms with van der Waals surface area (Å²) in [5, 5.41) is 20.4. The van der Waals surface area contributed by atoms with Gasteiger partial charge in [-0.15, -0.1) is 0 Å². The Morgan fingerprint density at radius 2 is 0.364 bits per heavy atom. The number of fused-ring (bicyclic) bond motifs is 14. The molecule has 0 nitrogen and oxygen atoms in total. The smallest absolute Gasteiger partial charge is 0.000763 e. The summed E-state index contributed by atoms with van der Waals surface area (Å²) < 4.78 is 0. The van der Waals surface area contributed by atoms with E-state index in [4.69, 9.17) is 0 Å². The van der Waals surface area contributed by atoms with Gasteiger partial charge in [0.15, 0.2) is 0 Å². The first-order chi connectivity index (χ1) is 32.4. The average molecular weight is 839 g/mol. The Morgan fingerprint density at radius 3 is 0.561 bits per heavy atom. The quantitative estimate of drug-likeness (QED) is 0.122. The Labute approximate surface area is 385 Å². The molecule has 0 aliphatic carbocycles. The molecule has 0 aromatic heterocycles. The average Bonchev–Trinajstić information content (AvgIpc) is 3.36. The van der Waals surface area contributed by atoms with E-state index in [0.717, 1.165) is 0 Å². The van der Waals surface area contributed by atoms with E-state index >= 15 is 0 Å². The summed E-state index contributed by atoms with van der Waals surface area (Å²) in [4.78, 5) is 0. The molecule has 13 aromatic carbocycles. The molecule has 0 atom stereocenters. The fraction of sp³-hybridized carbons (Fsp3) is 0.0606. The maximum atomic E-state index is 2.59. The molecule has 0 spiro atoms. The Kier molecular flexibility index (Phi) is 8.58. The third-order valence-electron chi connectivity index (χ3n) is 14.5. The van der Waals surface area contributed by atoms with Crippen LogP contribution in [0.15, 0.2) is 206 Å². The minimum Gasteiger partial charge on any atom is -0.0616 e. The Balaban J connectivity index is 1.39. The van der Waals surface area contributed by atoms with Crippen LogP contribution in [-0.2, 0) is 0 Å². The van der Waals surface area contributed by atoms with Gasteiger partial charge in [0.25, 0.3) is 0 Å². The molecule has 0 heteroatoms. The summed E-state index contributed by atoms with van der Waals surface area (Å²) in [6.45, 7) is 8.76. The molecule has 310 valence electrons. The van der Waals surface area contributed by atoms with Crippen LogP contribution in [-0.4, -0.2) is 0 Å². The van der Waals surface area contributed by atoms with E-state index in [-0.39, 0.29) is 0 Å². The predicted molar refractivity (Wildman–Crippen MR) is 287 cm³/mol. The molecule has 0 aliphatic rings. The molecule has 0 bridgehead atoms. The van der Waals surface area contributed by atoms with Crippen LogP contribution in [0, 0.1) is 27.7 Å². The van der Waals surface area contributed by atoms with Gasteiger partial charge in [0.1, 0.15) is 0 Å². The summed E-state index contributed by atoms with van der Waals surface area (Å²) in [5.41, 5.74) is 15.0. The highest BCUT2D eigenvalue weighted by molar-refractivity contribution is 6.41. The first-order valence-corrected chi connectivity index (χ1v) is 23.2. The van der Waals surface area contributed by atoms with Crippen LogP contribution in [0.5, 0.6) is 0 Å². The largest absolute Gasteiger partial charge is 0.0616 e. The lowest BCUT2D eigenvalue weighted by Gasteiger charge is -2.25. The van der Waals surface area contributed by atoms with Crippen LogP contribution >= 0.6 is 0 Å². The van der Waals surface area contributed by atoms with Crippen molar-refractivity contribution in [2.24, 2.45) is 0 Å². The van der Waals surface area contributed by atoms with Gasteiger partial charge in [-0.1, -0.05) is 216 Å². The lowest BCUT2D eigenvalue weighted by Crippen LogP contribution is -1.97. The van der Waals surface area contributed by atoms with Crippen LogP contribution in [0.2, 0.25) is 0 Å². The van der Waals surface area contributed by atoms with Gasteiger partial charge in [-0.3, -0.25) is 0 Å². The summed E-state index contributed by atoms with van der Waals surface area (Å²) in [6.07, 6.45) is 0. The Bertz CT molecular complexity index is 3590.